The van der Waals surface area contributed by atoms with Gasteiger partial charge in [-0.15, -0.1) is 10.2 Å². The summed E-state index contributed by atoms with van der Waals surface area (Å²) in [6, 6.07) is 12.4. The van der Waals surface area contributed by atoms with Crippen LogP contribution >= 0.6 is 0 Å². The van der Waals surface area contributed by atoms with E-state index in [1.807, 2.05) is 0 Å². The van der Waals surface area contributed by atoms with E-state index in [0.717, 1.165) is 78.6 Å². The number of fused-ring (bicyclic) bond motifs is 2. The molecule has 0 amide bonds. The van der Waals surface area contributed by atoms with E-state index in [2.05, 4.69) is 143 Å². The quantitative estimate of drug-likeness (QED) is 0.0677. The highest BCUT2D eigenvalue weighted by atomic mass is 32.2. The van der Waals surface area contributed by atoms with Crippen LogP contribution < -0.4 is 0 Å². The fourth-order valence-corrected chi connectivity index (χ4v) is 7.98. The first kappa shape index (κ1) is 65.8. The Morgan fingerprint density at radius 2 is 0.671 bits per heavy atom. The summed E-state index contributed by atoms with van der Waals surface area (Å²) in [6.07, 6.45) is 4.38. The third-order valence-corrected chi connectivity index (χ3v) is 11.2. The molecule has 0 aliphatic heterocycles. The summed E-state index contributed by atoms with van der Waals surface area (Å²) in [7, 11) is 13.2. The van der Waals surface area contributed by atoms with Gasteiger partial charge in [0.05, 0.1) is 144 Å². The topological polar surface area (TPSA) is 344 Å². The summed E-state index contributed by atoms with van der Waals surface area (Å²) in [5.74, 6) is -1.34. The molecule has 2 aromatic heterocycles. The highest BCUT2D eigenvalue weighted by Gasteiger charge is 2.19. The van der Waals surface area contributed by atoms with Gasteiger partial charge in [-0.3, -0.25) is 9.97 Å². The lowest BCUT2D eigenvalue weighted by Crippen LogP contribution is -2.27. The van der Waals surface area contributed by atoms with E-state index in [0.29, 0.717) is 0 Å². The molecule has 0 saturated carbocycles. The van der Waals surface area contributed by atoms with Crippen LogP contribution in [0.4, 0.5) is 22.7 Å². The molecule has 416 valence electrons. The first-order chi connectivity index (χ1) is 34.1. The highest BCUT2D eigenvalue weighted by Crippen LogP contribution is 2.40. The zero-order valence-corrected chi connectivity index (χ0v) is 48.4. The maximum atomic E-state index is 12.2. The van der Waals surface area contributed by atoms with E-state index in [1.165, 1.54) is 36.7 Å². The Labute approximate surface area is 445 Å². The number of hydrogen-bond donors (Lipinski definition) is 2. The van der Waals surface area contributed by atoms with Gasteiger partial charge in [0, 0.05) is 23.2 Å². The molecule has 0 radical (unpaired) electrons. The van der Waals surface area contributed by atoms with Gasteiger partial charge >= 0.3 is 0 Å². The van der Waals surface area contributed by atoms with Crippen LogP contribution in [0.25, 0.3) is 34.0 Å². The van der Waals surface area contributed by atoms with Gasteiger partial charge in [-0.1, -0.05) is 24.3 Å². The third kappa shape index (κ3) is 23.7. The van der Waals surface area contributed by atoms with E-state index in [-0.39, 0.29) is 44.3 Å². The predicted octanol–water partition coefficient (Wildman–Crippen LogP) is 6.10. The molecule has 24 nitrogen and oxygen atoms in total. The monoisotopic (exact) mass is 1130 g/mol. The fraction of sp³-hybridized carbons (Fsp3) is 0.333. The largest absolute Gasteiger partial charge is 0.744 e. The fourth-order valence-electron chi connectivity index (χ4n) is 5.22. The lowest BCUT2D eigenvalue weighted by atomic mass is 10.1. The first-order valence-corrected chi connectivity index (χ1v) is 27.8. The van der Waals surface area contributed by atoms with E-state index in [4.69, 9.17) is 0 Å². The molecule has 0 unspecified atom stereocenters. The number of aromatic hydroxyl groups is 2. The number of rotatable bonds is 10. The number of phenolic OH excluding ortho intramolecular Hbond substituents is 2. The van der Waals surface area contributed by atoms with Gasteiger partial charge in [0.15, 0.2) is 11.5 Å². The second-order valence-corrected chi connectivity index (χ2v) is 27.4. The maximum Gasteiger partial charge on any atom is 0.169 e. The number of azo groups is 2. The lowest BCUT2D eigenvalue weighted by Gasteiger charge is -2.14. The minimum atomic E-state index is -5.29. The Hall–Kier alpha value is -6.28. The van der Waals surface area contributed by atoms with Crippen molar-refractivity contribution in [2.75, 3.05) is 113 Å². The van der Waals surface area contributed by atoms with Gasteiger partial charge in [0.2, 0.25) is 0 Å². The average molecular weight is 1140 g/mol. The number of benzene rings is 4. The summed E-state index contributed by atoms with van der Waals surface area (Å²) < 4.78 is 149. The van der Waals surface area contributed by atoms with Crippen molar-refractivity contribution in [2.45, 2.75) is 19.6 Å². The van der Waals surface area contributed by atoms with E-state index in [9.17, 15) is 62.1 Å². The van der Waals surface area contributed by atoms with Crippen LogP contribution in [-0.2, 0) is 40.5 Å². The van der Waals surface area contributed by atoms with Gasteiger partial charge in [-0.25, -0.2) is 33.7 Å². The standard InChI is InChI=1S/C32H22N6O14S4.4C4H12N/c39-31-23(15-27(55(47,48)49)21-3-1-11-33-29(21)31)37-35-19-9-7-17(25(13-19)53(41,42)43)5-6-18-8-10-20(14-26(18)54(44,45)46)36-38-24-16-28(56(50,51)52)22-4-2-12-34-30(22)32(24)40;4*1-5(2,3)4/h1-16,39-40H,(H,41,42,43)(H,44,45,46)(H,47,48,49)(H,50,51,52);4*1-4H3/q;4*+1/p-4/b6-5+,37-35?,38-36?;;;;. The first-order valence-electron chi connectivity index (χ1n) is 22.1. The number of phenols is 2. The average Bonchev–Trinajstić information content (AvgIpc) is 3.22. The zero-order valence-electron chi connectivity index (χ0n) is 45.1. The number of nitrogens with zero attached hydrogens (tertiary/aromatic N) is 10. The minimum absolute atomic E-state index is 0.198. The van der Waals surface area contributed by atoms with Crippen LogP contribution in [0.2, 0.25) is 0 Å². The molecule has 76 heavy (non-hydrogen) atoms. The van der Waals surface area contributed by atoms with Gasteiger partial charge in [-0.2, -0.15) is 10.2 Å². The second kappa shape index (κ2) is 25.2. The molecule has 0 atom stereocenters. The highest BCUT2D eigenvalue weighted by molar-refractivity contribution is 7.86. The molecule has 0 aliphatic carbocycles. The molecule has 4 aromatic carbocycles. The lowest BCUT2D eigenvalue weighted by molar-refractivity contribution is -0.849. The van der Waals surface area contributed by atoms with Gasteiger partial charge < -0.3 is 46.4 Å². The van der Waals surface area contributed by atoms with Gasteiger partial charge in [0.25, 0.3) is 0 Å². The number of aromatic nitrogens is 2. The molecule has 2 N–H and O–H groups in total. The Kier molecular flexibility index (Phi) is 21.9. The van der Waals surface area contributed by atoms with Crippen LogP contribution in [0.5, 0.6) is 11.5 Å². The molecule has 6 rings (SSSR count). The van der Waals surface area contributed by atoms with Crippen molar-refractivity contribution in [1.82, 2.24) is 9.97 Å². The Bertz CT molecular complexity index is 3320. The molecule has 2 heterocycles. The van der Waals surface area contributed by atoms with Crippen molar-refractivity contribution in [2.24, 2.45) is 20.5 Å². The van der Waals surface area contributed by atoms with Gasteiger partial charge in [0.1, 0.15) is 62.9 Å². The molecule has 0 saturated heterocycles. The Morgan fingerprint density at radius 1 is 0.408 bits per heavy atom. The van der Waals surface area contributed by atoms with Crippen molar-refractivity contribution < 1.29 is 80.0 Å². The van der Waals surface area contributed by atoms with Crippen molar-refractivity contribution in [3.63, 3.8) is 0 Å². The second-order valence-electron chi connectivity index (χ2n) is 22.0. The van der Waals surface area contributed by atoms with Crippen LogP contribution in [0, 0.1) is 0 Å². The molecule has 28 heteroatoms. The SMILES string of the molecule is C[N+](C)(C)C.C[N+](C)(C)C.C[N+](C)(C)C.C[N+](C)(C)C.O=S(=O)([O-])c1cc(N=Nc2cc(S(=O)(=O)[O-])c3cccnc3c2O)ccc1/C=C/c1ccc(N=Nc2cc(S(=O)(=O)[O-])c3cccnc3c2O)cc1S(=O)(=O)[O-]. The Morgan fingerprint density at radius 3 is 0.921 bits per heavy atom. The summed E-state index contributed by atoms with van der Waals surface area (Å²) in [6.45, 7) is 0. The van der Waals surface area contributed by atoms with Crippen molar-refractivity contribution in [3.05, 3.63) is 96.3 Å². The summed E-state index contributed by atoms with van der Waals surface area (Å²) in [5.41, 5.74) is -2.94. The zero-order chi connectivity index (χ0) is 58.8. The summed E-state index contributed by atoms with van der Waals surface area (Å²) in [5, 5.41) is 35.7. The minimum Gasteiger partial charge on any atom is -0.744 e. The Balaban J connectivity index is 0.000000841. The van der Waals surface area contributed by atoms with Crippen molar-refractivity contribution in [3.8, 4) is 11.5 Å². The number of pyridine rings is 2. The normalized spacial score (nSPS) is 12.8. The number of hydrogen-bond acceptors (Lipinski definition) is 20. The third-order valence-electron chi connectivity index (χ3n) is 7.68. The smallest absolute Gasteiger partial charge is 0.169 e. The molecule has 6 aromatic rings. The van der Waals surface area contributed by atoms with E-state index < -0.39 is 82.9 Å². The van der Waals surface area contributed by atoms with Crippen LogP contribution in [0.15, 0.2) is 125 Å². The number of quaternary nitrogens is 4. The van der Waals surface area contributed by atoms with Crippen LogP contribution in [-0.4, -0.2) is 203 Å². The molecular weight excluding hydrogens is 1070 g/mol. The van der Waals surface area contributed by atoms with Crippen molar-refractivity contribution >= 4 is 97.2 Å². The molecule has 0 fully saturated rings. The summed E-state index contributed by atoms with van der Waals surface area (Å²) >= 11 is 0. The molecule has 0 spiro atoms. The predicted molar refractivity (Wildman–Crippen MR) is 285 cm³/mol. The molecular formula is C48H66N10O14S4. The maximum absolute atomic E-state index is 12.2. The van der Waals surface area contributed by atoms with E-state index in [1.54, 1.807) is 0 Å². The van der Waals surface area contributed by atoms with E-state index >= 15 is 0 Å². The summed E-state index contributed by atoms with van der Waals surface area (Å²) in [4.78, 5) is 4.35. The van der Waals surface area contributed by atoms with Crippen LogP contribution in [0.3, 0.4) is 0 Å². The van der Waals surface area contributed by atoms with Crippen LogP contribution in [0.1, 0.15) is 11.1 Å². The molecule has 0 bridgehead atoms. The van der Waals surface area contributed by atoms with Gasteiger partial charge in [-0.05, 0) is 71.8 Å². The van der Waals surface area contributed by atoms with Crippen molar-refractivity contribution in [1.29, 1.82) is 0 Å². The molecule has 0 aliphatic rings.